The van der Waals surface area contributed by atoms with Crippen molar-refractivity contribution in [2.45, 2.75) is 13.0 Å². The van der Waals surface area contributed by atoms with Gasteiger partial charge < -0.3 is 9.64 Å². The van der Waals surface area contributed by atoms with E-state index in [1.165, 1.54) is 30.2 Å². The number of hydrogen-bond donors (Lipinski definition) is 0. The average Bonchev–Trinajstić information content (AvgIpc) is 2.85. The van der Waals surface area contributed by atoms with Crippen molar-refractivity contribution in [3.8, 4) is 5.75 Å². The second kappa shape index (κ2) is 10.4. The summed E-state index contributed by atoms with van der Waals surface area (Å²) in [7, 11) is 0. The minimum absolute atomic E-state index is 0.123. The molecule has 0 aromatic heterocycles. The van der Waals surface area contributed by atoms with Crippen molar-refractivity contribution in [2.75, 3.05) is 32.8 Å². The van der Waals surface area contributed by atoms with Crippen LogP contribution in [0.5, 0.6) is 5.75 Å². The van der Waals surface area contributed by atoms with Gasteiger partial charge in [-0.25, -0.2) is 4.39 Å². The minimum Gasteiger partial charge on any atom is -0.483 e. The molecule has 1 amide bonds. The molecule has 3 aromatic rings. The van der Waals surface area contributed by atoms with Crippen LogP contribution in [0.2, 0.25) is 0 Å². The van der Waals surface area contributed by atoms with Crippen molar-refractivity contribution in [1.29, 1.82) is 0 Å². The number of benzene rings is 3. The molecule has 0 atom stereocenters. The van der Waals surface area contributed by atoms with E-state index in [4.69, 9.17) is 4.74 Å². The van der Waals surface area contributed by atoms with Gasteiger partial charge in [0, 0.05) is 26.2 Å². The van der Waals surface area contributed by atoms with Crippen LogP contribution in [-0.2, 0) is 4.79 Å². The molecule has 0 radical (unpaired) electrons. The number of piperazine rings is 1. The van der Waals surface area contributed by atoms with Crippen molar-refractivity contribution < 1.29 is 18.7 Å². The SMILES string of the molecule is CC(=O)c1cc(F)ccc1OCC(=O)N1CCN(C(c2ccccc2)c2ccccc2)CC1. The first-order valence-corrected chi connectivity index (χ1v) is 11.1. The zero-order valence-corrected chi connectivity index (χ0v) is 18.6. The predicted octanol–water partition coefficient (Wildman–Crippen LogP) is 4.34. The number of hydrogen-bond acceptors (Lipinski definition) is 4. The summed E-state index contributed by atoms with van der Waals surface area (Å²) >= 11 is 0. The molecule has 170 valence electrons. The van der Waals surface area contributed by atoms with E-state index in [0.717, 1.165) is 19.2 Å². The lowest BCUT2D eigenvalue weighted by molar-refractivity contribution is -0.135. The number of halogens is 1. The first-order chi connectivity index (χ1) is 16.0. The highest BCUT2D eigenvalue weighted by molar-refractivity contribution is 5.96. The van der Waals surface area contributed by atoms with Crippen molar-refractivity contribution in [2.24, 2.45) is 0 Å². The zero-order valence-electron chi connectivity index (χ0n) is 18.6. The number of ether oxygens (including phenoxy) is 1. The molecule has 3 aromatic carbocycles. The molecule has 0 N–H and O–H groups in total. The Balaban J connectivity index is 1.40. The Labute approximate surface area is 193 Å². The van der Waals surface area contributed by atoms with Gasteiger partial charge in [0.15, 0.2) is 12.4 Å². The fourth-order valence-electron chi connectivity index (χ4n) is 4.25. The second-order valence-corrected chi connectivity index (χ2v) is 8.13. The van der Waals surface area contributed by atoms with Crippen LogP contribution in [0.25, 0.3) is 0 Å². The number of carbonyl (C=O) groups is 2. The van der Waals surface area contributed by atoms with Crippen LogP contribution in [0.4, 0.5) is 4.39 Å². The summed E-state index contributed by atoms with van der Waals surface area (Å²) in [5.41, 5.74) is 2.58. The molecule has 1 saturated heterocycles. The first kappa shape index (κ1) is 22.7. The van der Waals surface area contributed by atoms with Crippen molar-refractivity contribution in [1.82, 2.24) is 9.80 Å². The molecule has 6 heteroatoms. The molecule has 5 nitrogen and oxygen atoms in total. The van der Waals surface area contributed by atoms with Crippen LogP contribution in [0.3, 0.4) is 0 Å². The molecule has 1 aliphatic heterocycles. The van der Waals surface area contributed by atoms with E-state index in [-0.39, 0.29) is 35.7 Å². The normalized spacial score (nSPS) is 14.3. The van der Waals surface area contributed by atoms with Crippen LogP contribution in [0, 0.1) is 5.82 Å². The molecule has 0 unspecified atom stereocenters. The highest BCUT2D eigenvalue weighted by Gasteiger charge is 2.28. The molecule has 33 heavy (non-hydrogen) atoms. The second-order valence-electron chi connectivity index (χ2n) is 8.13. The van der Waals surface area contributed by atoms with Gasteiger partial charge in [-0.05, 0) is 36.2 Å². The topological polar surface area (TPSA) is 49.9 Å². The number of amides is 1. The molecule has 0 bridgehead atoms. The minimum atomic E-state index is -0.513. The van der Waals surface area contributed by atoms with Gasteiger partial charge in [-0.3, -0.25) is 14.5 Å². The molecule has 1 aliphatic rings. The number of carbonyl (C=O) groups excluding carboxylic acids is 2. The van der Waals surface area contributed by atoms with Gasteiger partial charge in [0.05, 0.1) is 11.6 Å². The highest BCUT2D eigenvalue weighted by Crippen LogP contribution is 2.29. The van der Waals surface area contributed by atoms with Gasteiger partial charge in [0.1, 0.15) is 11.6 Å². The monoisotopic (exact) mass is 446 g/mol. The summed E-state index contributed by atoms with van der Waals surface area (Å²) in [6, 6.07) is 24.6. The third-order valence-electron chi connectivity index (χ3n) is 5.93. The predicted molar refractivity (Wildman–Crippen MR) is 125 cm³/mol. The van der Waals surface area contributed by atoms with Gasteiger partial charge in [-0.15, -0.1) is 0 Å². The van der Waals surface area contributed by atoms with E-state index in [0.29, 0.717) is 13.1 Å². The fraction of sp³-hybridized carbons (Fsp3) is 0.259. The molecular weight excluding hydrogens is 419 g/mol. The molecule has 4 rings (SSSR count). The van der Waals surface area contributed by atoms with Crippen LogP contribution in [-0.4, -0.2) is 54.3 Å². The standard InChI is InChI=1S/C27H27FN2O3/c1-20(31)24-18-23(28)12-13-25(24)33-19-26(32)29-14-16-30(17-15-29)27(21-8-4-2-5-9-21)22-10-6-3-7-11-22/h2-13,18,27H,14-17,19H2,1H3. The van der Waals surface area contributed by atoms with Crippen molar-refractivity contribution in [3.63, 3.8) is 0 Å². The van der Waals surface area contributed by atoms with E-state index in [1.54, 1.807) is 4.90 Å². The lowest BCUT2D eigenvalue weighted by atomic mass is 9.96. The van der Waals surface area contributed by atoms with Gasteiger partial charge >= 0.3 is 0 Å². The molecule has 1 heterocycles. The summed E-state index contributed by atoms with van der Waals surface area (Å²) in [6.45, 7) is 3.79. The van der Waals surface area contributed by atoms with E-state index in [2.05, 4.69) is 29.2 Å². The van der Waals surface area contributed by atoms with E-state index in [1.807, 2.05) is 36.4 Å². The van der Waals surface area contributed by atoms with Crippen LogP contribution < -0.4 is 4.74 Å². The van der Waals surface area contributed by atoms with Crippen LogP contribution >= 0.6 is 0 Å². The van der Waals surface area contributed by atoms with E-state index in [9.17, 15) is 14.0 Å². The Morgan fingerprint density at radius 1 is 0.879 bits per heavy atom. The maximum Gasteiger partial charge on any atom is 0.260 e. The number of Topliss-reactive ketones (excluding diaryl/α,β-unsaturated/α-hetero) is 1. The highest BCUT2D eigenvalue weighted by atomic mass is 19.1. The molecule has 0 aliphatic carbocycles. The van der Waals surface area contributed by atoms with Gasteiger partial charge in [-0.2, -0.15) is 0 Å². The lowest BCUT2D eigenvalue weighted by Crippen LogP contribution is -2.51. The molecule has 0 spiro atoms. The maximum absolute atomic E-state index is 13.5. The molecular formula is C27H27FN2O3. The quantitative estimate of drug-likeness (QED) is 0.507. The summed E-state index contributed by atoms with van der Waals surface area (Å²) in [4.78, 5) is 28.7. The van der Waals surface area contributed by atoms with E-state index >= 15 is 0 Å². The molecule has 1 fully saturated rings. The van der Waals surface area contributed by atoms with Crippen molar-refractivity contribution >= 4 is 11.7 Å². The first-order valence-electron chi connectivity index (χ1n) is 11.1. The summed E-state index contributed by atoms with van der Waals surface area (Å²) < 4.78 is 19.0. The fourth-order valence-corrected chi connectivity index (χ4v) is 4.25. The van der Waals surface area contributed by atoms with Crippen molar-refractivity contribution in [3.05, 3.63) is 101 Å². The largest absolute Gasteiger partial charge is 0.483 e. The third-order valence-corrected chi connectivity index (χ3v) is 5.93. The number of nitrogens with zero attached hydrogens (tertiary/aromatic N) is 2. The van der Waals surface area contributed by atoms with Crippen LogP contribution in [0.1, 0.15) is 34.5 Å². The average molecular weight is 447 g/mol. The zero-order chi connectivity index (χ0) is 23.2. The summed E-state index contributed by atoms with van der Waals surface area (Å²) in [5.74, 6) is -0.742. The smallest absolute Gasteiger partial charge is 0.260 e. The Morgan fingerprint density at radius 2 is 1.45 bits per heavy atom. The Bertz CT molecular complexity index is 1060. The Morgan fingerprint density at radius 3 is 2.00 bits per heavy atom. The maximum atomic E-state index is 13.5. The summed E-state index contributed by atoms with van der Waals surface area (Å²) in [5, 5.41) is 0. The van der Waals surface area contributed by atoms with Crippen LogP contribution in [0.15, 0.2) is 78.9 Å². The van der Waals surface area contributed by atoms with Gasteiger partial charge in [-0.1, -0.05) is 60.7 Å². The Kier molecular flexibility index (Phi) is 7.15. The summed E-state index contributed by atoms with van der Waals surface area (Å²) in [6.07, 6.45) is 0. The number of ketones is 1. The lowest BCUT2D eigenvalue weighted by Gasteiger charge is -2.39. The van der Waals surface area contributed by atoms with E-state index < -0.39 is 5.82 Å². The number of rotatable bonds is 7. The third kappa shape index (κ3) is 5.46. The van der Waals surface area contributed by atoms with Gasteiger partial charge in [0.25, 0.3) is 5.91 Å². The van der Waals surface area contributed by atoms with Gasteiger partial charge in [0.2, 0.25) is 0 Å². The Hall–Kier alpha value is -3.51. The molecule has 0 saturated carbocycles.